The third-order valence-electron chi connectivity index (χ3n) is 5.29. The zero-order valence-electron chi connectivity index (χ0n) is 18.1. The maximum Gasteiger partial charge on any atom is 0.451 e. The maximum atomic E-state index is 14.7. The minimum Gasteiger partial charge on any atom is -0.258 e. The standard InChI is InChI=1S/C22H15F5N6O2/c1-21(2,16-8-4-6-14(29-16)19-30-20(32-31-19)22(25,26)27)15-7-3-5-13(28-15)11-9-10-12(23)18(17(11)24)33(34)35/h3-10H,1-2H3,(H,30,31,32). The van der Waals surface area contributed by atoms with Gasteiger partial charge in [0.1, 0.15) is 5.69 Å². The summed E-state index contributed by atoms with van der Waals surface area (Å²) in [4.78, 5) is 22.2. The van der Waals surface area contributed by atoms with Gasteiger partial charge < -0.3 is 0 Å². The Labute approximate surface area is 194 Å². The molecule has 0 unspecified atom stereocenters. The Kier molecular flexibility index (Phi) is 5.79. The fraction of sp³-hybridized carbons (Fsp3) is 0.182. The Bertz CT molecular complexity index is 1430. The molecule has 1 aromatic carbocycles. The zero-order chi connectivity index (χ0) is 25.5. The van der Waals surface area contributed by atoms with Gasteiger partial charge in [0.15, 0.2) is 5.82 Å². The van der Waals surface area contributed by atoms with Crippen molar-refractivity contribution in [3.8, 4) is 22.8 Å². The minimum absolute atomic E-state index is 0.0242. The number of nitrogens with one attached hydrogen (secondary N) is 1. The Morgan fingerprint density at radius 2 is 1.49 bits per heavy atom. The second kappa shape index (κ2) is 8.49. The van der Waals surface area contributed by atoms with Crippen LogP contribution in [-0.4, -0.2) is 30.1 Å². The van der Waals surface area contributed by atoms with Crippen molar-refractivity contribution in [1.29, 1.82) is 0 Å². The van der Waals surface area contributed by atoms with Gasteiger partial charge in [-0.15, -0.1) is 0 Å². The van der Waals surface area contributed by atoms with Gasteiger partial charge in [-0.05, 0) is 50.2 Å². The molecule has 0 spiro atoms. The Balaban J connectivity index is 1.74. The number of alkyl halides is 3. The van der Waals surface area contributed by atoms with E-state index in [2.05, 4.69) is 20.1 Å². The third kappa shape index (κ3) is 4.44. The number of pyridine rings is 2. The number of aromatic amines is 1. The molecule has 0 bridgehead atoms. The Hall–Kier alpha value is -4.29. The summed E-state index contributed by atoms with van der Waals surface area (Å²) < 4.78 is 67.0. The molecule has 8 nitrogen and oxygen atoms in total. The molecule has 180 valence electrons. The van der Waals surface area contributed by atoms with Gasteiger partial charge in [-0.1, -0.05) is 12.1 Å². The number of halogens is 5. The van der Waals surface area contributed by atoms with Crippen LogP contribution in [0, 0.1) is 21.7 Å². The summed E-state index contributed by atoms with van der Waals surface area (Å²) in [5, 5.41) is 16.5. The van der Waals surface area contributed by atoms with Crippen molar-refractivity contribution in [2.75, 3.05) is 0 Å². The first-order valence-corrected chi connectivity index (χ1v) is 9.97. The van der Waals surface area contributed by atoms with Crippen LogP contribution in [0.3, 0.4) is 0 Å². The maximum absolute atomic E-state index is 14.7. The number of nitro groups is 1. The van der Waals surface area contributed by atoms with E-state index in [0.717, 1.165) is 12.1 Å². The summed E-state index contributed by atoms with van der Waals surface area (Å²) in [6, 6.07) is 11.0. The number of aromatic nitrogens is 5. The average Bonchev–Trinajstić information content (AvgIpc) is 3.30. The number of benzene rings is 1. The molecular formula is C22H15F5N6O2. The molecular weight excluding hydrogens is 475 g/mol. The van der Waals surface area contributed by atoms with Crippen molar-refractivity contribution in [1.82, 2.24) is 25.1 Å². The molecule has 35 heavy (non-hydrogen) atoms. The van der Waals surface area contributed by atoms with E-state index in [0.29, 0.717) is 11.4 Å². The van der Waals surface area contributed by atoms with E-state index in [1.165, 1.54) is 12.1 Å². The number of rotatable bonds is 5. The van der Waals surface area contributed by atoms with Crippen molar-refractivity contribution in [3.63, 3.8) is 0 Å². The molecule has 0 saturated carbocycles. The van der Waals surface area contributed by atoms with Crippen LogP contribution >= 0.6 is 0 Å². The van der Waals surface area contributed by atoms with E-state index >= 15 is 0 Å². The fourth-order valence-corrected chi connectivity index (χ4v) is 3.38. The number of nitro benzene ring substituents is 1. The molecule has 0 aliphatic heterocycles. The molecule has 0 fully saturated rings. The van der Waals surface area contributed by atoms with Gasteiger partial charge in [0.05, 0.1) is 22.0 Å². The lowest BCUT2D eigenvalue weighted by Gasteiger charge is -2.24. The molecule has 0 radical (unpaired) electrons. The van der Waals surface area contributed by atoms with Crippen LogP contribution in [0.5, 0.6) is 0 Å². The highest BCUT2D eigenvalue weighted by molar-refractivity contribution is 5.64. The molecule has 3 heterocycles. The molecule has 0 saturated heterocycles. The van der Waals surface area contributed by atoms with Gasteiger partial charge in [0.25, 0.3) is 0 Å². The fourth-order valence-electron chi connectivity index (χ4n) is 3.38. The SMILES string of the molecule is CC(C)(c1cccc(-c2n[nH]c(C(F)(F)F)n2)n1)c1cccc(-c2ccc(F)c([N+](=O)[O-])c2F)n1. The van der Waals surface area contributed by atoms with Gasteiger partial charge in [0.2, 0.25) is 17.5 Å². The van der Waals surface area contributed by atoms with Gasteiger partial charge in [0, 0.05) is 11.0 Å². The molecule has 13 heteroatoms. The molecule has 4 rings (SSSR count). The van der Waals surface area contributed by atoms with Crippen molar-refractivity contribution in [3.05, 3.63) is 87.5 Å². The molecule has 0 aliphatic rings. The summed E-state index contributed by atoms with van der Waals surface area (Å²) in [6.45, 7) is 3.46. The van der Waals surface area contributed by atoms with E-state index in [1.54, 1.807) is 38.1 Å². The first-order valence-electron chi connectivity index (χ1n) is 9.97. The first-order chi connectivity index (χ1) is 16.4. The number of hydrogen-bond acceptors (Lipinski definition) is 6. The van der Waals surface area contributed by atoms with Crippen molar-refractivity contribution in [2.45, 2.75) is 25.4 Å². The number of nitrogens with zero attached hydrogens (tertiary/aromatic N) is 5. The molecule has 3 aromatic heterocycles. The van der Waals surface area contributed by atoms with E-state index in [4.69, 9.17) is 0 Å². The summed E-state index contributed by atoms with van der Waals surface area (Å²) in [6.07, 6.45) is -4.70. The molecule has 0 amide bonds. The lowest BCUT2D eigenvalue weighted by Crippen LogP contribution is -2.22. The zero-order valence-corrected chi connectivity index (χ0v) is 18.1. The second-order valence-corrected chi connectivity index (χ2v) is 7.96. The van der Waals surface area contributed by atoms with Gasteiger partial charge in [-0.3, -0.25) is 20.2 Å². The smallest absolute Gasteiger partial charge is 0.258 e. The minimum atomic E-state index is -4.70. The van der Waals surface area contributed by atoms with E-state index in [-0.39, 0.29) is 22.8 Å². The van der Waals surface area contributed by atoms with Crippen molar-refractivity contribution < 1.29 is 26.9 Å². The number of hydrogen-bond donors (Lipinski definition) is 1. The lowest BCUT2D eigenvalue weighted by atomic mass is 9.84. The van der Waals surface area contributed by atoms with Gasteiger partial charge >= 0.3 is 11.9 Å². The molecule has 4 aromatic rings. The van der Waals surface area contributed by atoms with Gasteiger partial charge in [-0.25, -0.2) is 9.97 Å². The second-order valence-electron chi connectivity index (χ2n) is 7.96. The highest BCUT2D eigenvalue weighted by Crippen LogP contribution is 2.34. The van der Waals surface area contributed by atoms with Crippen LogP contribution in [0.15, 0.2) is 48.5 Å². The van der Waals surface area contributed by atoms with Crippen LogP contribution in [0.25, 0.3) is 22.8 Å². The van der Waals surface area contributed by atoms with E-state index in [9.17, 15) is 32.1 Å². The molecule has 1 N–H and O–H groups in total. The van der Waals surface area contributed by atoms with E-state index < -0.39 is 39.7 Å². The number of H-pyrrole nitrogens is 1. The van der Waals surface area contributed by atoms with Crippen LogP contribution in [0.2, 0.25) is 0 Å². The lowest BCUT2D eigenvalue weighted by molar-refractivity contribution is -0.390. The van der Waals surface area contributed by atoms with Crippen LogP contribution in [0.4, 0.5) is 27.6 Å². The van der Waals surface area contributed by atoms with Crippen LogP contribution < -0.4 is 0 Å². The topological polar surface area (TPSA) is 110 Å². The quantitative estimate of drug-likeness (QED) is 0.226. The Morgan fingerprint density at radius 3 is 2.06 bits per heavy atom. The Morgan fingerprint density at radius 1 is 0.886 bits per heavy atom. The first kappa shape index (κ1) is 23.9. The van der Waals surface area contributed by atoms with Crippen LogP contribution in [-0.2, 0) is 11.6 Å². The van der Waals surface area contributed by atoms with E-state index in [1.807, 2.05) is 5.10 Å². The largest absolute Gasteiger partial charge is 0.451 e. The predicted octanol–water partition coefficient (Wildman–Crippen LogP) is 5.46. The normalized spacial score (nSPS) is 12.1. The molecule has 0 aliphatic carbocycles. The third-order valence-corrected chi connectivity index (χ3v) is 5.29. The predicted molar refractivity (Wildman–Crippen MR) is 113 cm³/mol. The highest BCUT2D eigenvalue weighted by Gasteiger charge is 2.36. The van der Waals surface area contributed by atoms with Crippen molar-refractivity contribution >= 4 is 5.69 Å². The average molecular weight is 490 g/mol. The van der Waals surface area contributed by atoms with Crippen LogP contribution in [0.1, 0.15) is 31.1 Å². The summed E-state index contributed by atoms with van der Waals surface area (Å²) in [5.41, 5.74) is -1.63. The summed E-state index contributed by atoms with van der Waals surface area (Å²) >= 11 is 0. The summed E-state index contributed by atoms with van der Waals surface area (Å²) in [7, 11) is 0. The monoisotopic (exact) mass is 490 g/mol. The summed E-state index contributed by atoms with van der Waals surface area (Å²) in [5.74, 6) is -4.18. The molecule has 0 atom stereocenters. The van der Waals surface area contributed by atoms with Gasteiger partial charge in [-0.2, -0.15) is 27.1 Å². The highest BCUT2D eigenvalue weighted by atomic mass is 19.4. The van der Waals surface area contributed by atoms with Crippen molar-refractivity contribution in [2.24, 2.45) is 0 Å².